The second kappa shape index (κ2) is 11.7. The van der Waals surface area contributed by atoms with Gasteiger partial charge in [-0.05, 0) is 74.3 Å². The fourth-order valence-electron chi connectivity index (χ4n) is 6.54. The first-order valence-electron chi connectivity index (χ1n) is 16.9. The molecule has 1 nitrogen and oxygen atoms in total. The van der Waals surface area contributed by atoms with Gasteiger partial charge in [-0.15, -0.1) is 11.8 Å². The van der Waals surface area contributed by atoms with Crippen LogP contribution in [0.2, 0.25) is 0 Å². The number of fused-ring (bicyclic) bond motifs is 1. The van der Waals surface area contributed by atoms with Crippen LogP contribution < -0.4 is 4.90 Å². The minimum atomic E-state index is 0.0666. The predicted molar refractivity (Wildman–Crippen MR) is 197 cm³/mol. The van der Waals surface area contributed by atoms with Crippen LogP contribution in [-0.2, 0) is 21.7 Å². The van der Waals surface area contributed by atoms with Gasteiger partial charge in [0, 0.05) is 16.0 Å². The topological polar surface area (TPSA) is 3.24 Å². The highest BCUT2D eigenvalue weighted by Crippen LogP contribution is 2.49. The molecule has 1 aliphatic carbocycles. The first-order valence-corrected chi connectivity index (χ1v) is 17.9. The van der Waals surface area contributed by atoms with Gasteiger partial charge >= 0.3 is 0 Å². The average molecular weight is 608 g/mol. The van der Waals surface area contributed by atoms with Gasteiger partial charge in [-0.1, -0.05) is 150 Å². The summed E-state index contributed by atoms with van der Waals surface area (Å²) in [7, 11) is 0. The van der Waals surface area contributed by atoms with Gasteiger partial charge in [0.15, 0.2) is 0 Å². The Bertz CT molecular complexity index is 1390. The first kappa shape index (κ1) is 32.9. The lowest BCUT2D eigenvalue weighted by Gasteiger charge is -2.33. The third-order valence-electron chi connectivity index (χ3n) is 9.63. The second-order valence-corrected chi connectivity index (χ2v) is 18.5. The molecule has 3 aromatic rings. The van der Waals surface area contributed by atoms with E-state index < -0.39 is 0 Å². The molecule has 236 valence electrons. The smallest absolute Gasteiger partial charge is 0.0690 e. The summed E-state index contributed by atoms with van der Waals surface area (Å²) < 4.78 is 0. The van der Waals surface area contributed by atoms with Crippen molar-refractivity contribution in [2.75, 3.05) is 10.8 Å². The number of para-hydroxylation sites is 1. The summed E-state index contributed by atoms with van der Waals surface area (Å²) in [5.41, 5.74) is 12.7. The maximum absolute atomic E-state index is 2.77. The van der Waals surface area contributed by atoms with E-state index in [2.05, 4.69) is 160 Å². The van der Waals surface area contributed by atoms with Crippen LogP contribution in [0.1, 0.15) is 131 Å². The number of anilines is 1. The van der Waals surface area contributed by atoms with Gasteiger partial charge in [-0.25, -0.2) is 0 Å². The van der Waals surface area contributed by atoms with Crippen LogP contribution in [0.15, 0.2) is 65.6 Å². The Hall–Kier alpha value is -2.45. The highest BCUT2D eigenvalue weighted by Gasteiger charge is 2.34. The van der Waals surface area contributed by atoms with Crippen molar-refractivity contribution in [1.82, 2.24) is 0 Å². The zero-order chi connectivity index (χ0) is 32.2. The van der Waals surface area contributed by atoms with Crippen molar-refractivity contribution < 1.29 is 0 Å². The third kappa shape index (κ3) is 6.86. The van der Waals surface area contributed by atoms with Gasteiger partial charge in [0.25, 0.3) is 0 Å². The van der Waals surface area contributed by atoms with Gasteiger partial charge in [-0.2, -0.15) is 0 Å². The molecule has 0 aromatic heterocycles. The molecule has 2 heteroatoms. The van der Waals surface area contributed by atoms with Gasteiger partial charge in [0.1, 0.15) is 0 Å². The van der Waals surface area contributed by atoms with E-state index in [9.17, 15) is 0 Å². The number of benzene rings is 3. The number of allylic oxidation sites excluding steroid dienone is 1. The molecule has 5 rings (SSSR count). The molecule has 1 atom stereocenters. The summed E-state index contributed by atoms with van der Waals surface area (Å²) in [6.45, 7) is 28.2. The molecule has 1 unspecified atom stereocenters. The van der Waals surface area contributed by atoms with Crippen LogP contribution in [0.25, 0.3) is 22.3 Å². The lowest BCUT2D eigenvalue weighted by atomic mass is 9.77. The Kier molecular flexibility index (Phi) is 8.77. The average Bonchev–Trinajstić information content (AvgIpc) is 3.17. The van der Waals surface area contributed by atoms with E-state index in [0.717, 1.165) is 5.88 Å². The SMILES string of the molecule is CC(C)(C)c1cc(-c2cccc(-c3cc(C(C)(C)C)cc(C(C)(C)C)c3)c2N2CSC3=CCCCCC32)cc(C(C)(C)C)c1. The second-order valence-electron chi connectivity index (χ2n) is 17.4. The van der Waals surface area contributed by atoms with Crippen molar-refractivity contribution in [3.05, 3.63) is 87.8 Å². The molecule has 0 saturated carbocycles. The van der Waals surface area contributed by atoms with Crippen molar-refractivity contribution in [3.8, 4) is 22.3 Å². The van der Waals surface area contributed by atoms with E-state index in [4.69, 9.17) is 0 Å². The van der Waals surface area contributed by atoms with E-state index in [1.165, 1.54) is 75.9 Å². The van der Waals surface area contributed by atoms with Crippen molar-refractivity contribution in [1.29, 1.82) is 0 Å². The minimum absolute atomic E-state index is 0.0666. The van der Waals surface area contributed by atoms with Crippen LogP contribution in [0.5, 0.6) is 0 Å². The zero-order valence-corrected chi connectivity index (χ0v) is 30.6. The van der Waals surface area contributed by atoms with Gasteiger partial charge < -0.3 is 4.90 Å². The maximum Gasteiger partial charge on any atom is 0.0690 e. The predicted octanol–water partition coefficient (Wildman–Crippen LogP) is 12.5. The molecule has 44 heavy (non-hydrogen) atoms. The summed E-state index contributed by atoms with van der Waals surface area (Å²) in [4.78, 5) is 4.36. The van der Waals surface area contributed by atoms with E-state index in [0.29, 0.717) is 6.04 Å². The fourth-order valence-corrected chi connectivity index (χ4v) is 7.81. The molecule has 0 radical (unpaired) electrons. The van der Waals surface area contributed by atoms with Crippen molar-refractivity contribution in [3.63, 3.8) is 0 Å². The number of nitrogens with zero attached hydrogens (tertiary/aromatic N) is 1. The fraction of sp³-hybridized carbons (Fsp3) is 0.524. The molecule has 3 aromatic carbocycles. The van der Waals surface area contributed by atoms with E-state index in [1.807, 2.05) is 0 Å². The van der Waals surface area contributed by atoms with Crippen molar-refractivity contribution in [2.45, 2.75) is 136 Å². The largest absolute Gasteiger partial charge is 0.353 e. The lowest BCUT2D eigenvalue weighted by molar-refractivity contribution is 0.568. The quantitative estimate of drug-likeness (QED) is 0.291. The van der Waals surface area contributed by atoms with Crippen LogP contribution >= 0.6 is 11.8 Å². The van der Waals surface area contributed by atoms with Gasteiger partial charge in [0.2, 0.25) is 0 Å². The Balaban J connectivity index is 1.84. The van der Waals surface area contributed by atoms with Crippen LogP contribution in [-0.4, -0.2) is 11.9 Å². The highest BCUT2D eigenvalue weighted by molar-refractivity contribution is 8.03. The molecule has 0 amide bonds. The first-order chi connectivity index (χ1) is 20.3. The molecule has 1 heterocycles. The molecule has 2 aliphatic rings. The summed E-state index contributed by atoms with van der Waals surface area (Å²) in [5, 5.41) is 0. The van der Waals surface area contributed by atoms with Crippen LogP contribution in [0, 0.1) is 0 Å². The Morgan fingerprint density at radius 1 is 0.591 bits per heavy atom. The summed E-state index contributed by atoms with van der Waals surface area (Å²) in [6.07, 6.45) is 7.58. The maximum atomic E-state index is 2.77. The Morgan fingerprint density at radius 2 is 1.02 bits per heavy atom. The molecule has 1 aliphatic heterocycles. The van der Waals surface area contributed by atoms with E-state index in [1.54, 1.807) is 4.91 Å². The monoisotopic (exact) mass is 607 g/mol. The number of hydrogen-bond donors (Lipinski definition) is 0. The van der Waals surface area contributed by atoms with E-state index >= 15 is 0 Å². The standard InChI is InChI=1S/C42H57NS/c1-39(2,3)30-21-28(22-31(25-30)40(4,5)6)34-17-16-18-35(38(34)43-27-44-37-20-15-13-14-19-36(37)43)29-23-32(41(7,8)9)26-33(24-29)42(10,11)12/h16-18,20-26,36H,13-15,19,27H2,1-12H3. The van der Waals surface area contributed by atoms with Crippen LogP contribution in [0.3, 0.4) is 0 Å². The molecule has 0 N–H and O–H groups in total. The molecule has 1 saturated heterocycles. The Labute approximate surface area is 273 Å². The third-order valence-corrected chi connectivity index (χ3v) is 10.8. The van der Waals surface area contributed by atoms with Crippen LogP contribution in [0.4, 0.5) is 5.69 Å². The van der Waals surface area contributed by atoms with Gasteiger partial charge in [-0.3, -0.25) is 0 Å². The molecular formula is C42H57NS. The van der Waals surface area contributed by atoms with Gasteiger partial charge in [0.05, 0.1) is 17.6 Å². The summed E-state index contributed by atoms with van der Waals surface area (Å²) in [6, 6.07) is 22.4. The number of hydrogen-bond acceptors (Lipinski definition) is 2. The molecule has 1 fully saturated rings. The lowest BCUT2D eigenvalue weighted by Crippen LogP contribution is -2.30. The molecular weight excluding hydrogens is 551 g/mol. The zero-order valence-electron chi connectivity index (χ0n) is 29.7. The number of rotatable bonds is 3. The summed E-state index contributed by atoms with van der Waals surface area (Å²) >= 11 is 2.07. The number of thioether (sulfide) groups is 1. The highest BCUT2D eigenvalue weighted by atomic mass is 32.2. The van der Waals surface area contributed by atoms with E-state index in [-0.39, 0.29) is 21.7 Å². The molecule has 0 spiro atoms. The minimum Gasteiger partial charge on any atom is -0.353 e. The van der Waals surface area contributed by atoms with Crippen molar-refractivity contribution in [2.24, 2.45) is 0 Å². The summed E-state index contributed by atoms with van der Waals surface area (Å²) in [5.74, 6) is 1.01. The normalized spacial score (nSPS) is 18.2. The molecule has 0 bridgehead atoms. The Morgan fingerprint density at radius 3 is 1.43 bits per heavy atom. The van der Waals surface area contributed by atoms with Crippen molar-refractivity contribution >= 4 is 17.4 Å².